The molecule has 0 radical (unpaired) electrons. The summed E-state index contributed by atoms with van der Waals surface area (Å²) in [6.45, 7) is 3.08. The Hall–Kier alpha value is -2.64. The first-order chi connectivity index (χ1) is 14.7. The molecule has 1 saturated carbocycles. The van der Waals surface area contributed by atoms with Crippen molar-refractivity contribution in [2.45, 2.75) is 38.0 Å². The Morgan fingerprint density at radius 1 is 1.27 bits per heavy atom. The molecule has 1 aliphatic carbocycles. The van der Waals surface area contributed by atoms with Gasteiger partial charge in [-0.1, -0.05) is 0 Å². The fourth-order valence-corrected chi connectivity index (χ4v) is 3.49. The summed E-state index contributed by atoms with van der Waals surface area (Å²) in [6, 6.07) is 0. The third-order valence-electron chi connectivity index (χ3n) is 5.59. The number of carbonyl (C=O) groups excluding carboxylic acids is 2. The molecule has 0 bridgehead atoms. The van der Waals surface area contributed by atoms with Crippen molar-refractivity contribution in [2.24, 2.45) is 5.92 Å². The number of rotatable bonds is 4. The van der Waals surface area contributed by atoms with E-state index in [1.54, 1.807) is 17.3 Å². The van der Waals surface area contributed by atoms with Crippen molar-refractivity contribution in [2.75, 3.05) is 32.8 Å². The van der Waals surface area contributed by atoms with E-state index in [2.05, 4.69) is 26.1 Å². The summed E-state index contributed by atoms with van der Waals surface area (Å²) in [7, 11) is 5.30. The van der Waals surface area contributed by atoms with Gasteiger partial charge in [-0.2, -0.15) is 0 Å². The van der Waals surface area contributed by atoms with E-state index in [4.69, 9.17) is 12.1 Å². The number of likely N-dealkylation sites (tertiary alicyclic amines) is 1. The summed E-state index contributed by atoms with van der Waals surface area (Å²) in [6.07, 6.45) is 9.51. The minimum atomic E-state index is -0.328. The Morgan fingerprint density at radius 2 is 2.03 bits per heavy atom. The molecule has 9 heteroatoms. The van der Waals surface area contributed by atoms with Crippen LogP contribution < -0.4 is 5.32 Å². The van der Waals surface area contributed by atoms with Crippen LogP contribution in [0.1, 0.15) is 54.1 Å². The maximum Gasteiger partial charge on any atom is 0.0466 e. The zero-order valence-corrected chi connectivity index (χ0v) is 17.0. The molecule has 2 amide bonds. The normalized spacial score (nSPS) is 18.8. The number of aromatic amines is 1. The molecule has 2 saturated heterocycles. The van der Waals surface area contributed by atoms with Crippen molar-refractivity contribution in [3.8, 4) is 5.80 Å². The topological polar surface area (TPSA) is 100 Å². The number of amides is 2. The zero-order chi connectivity index (χ0) is 20.9. The molecule has 3 fully saturated rings. The van der Waals surface area contributed by atoms with E-state index >= 15 is 0 Å². The SMILES string of the molecule is B#CC1CN(C(=O)CNC(=O)c2c[nH]c3ncc(C4CC4)nc23)C1.C1CCOCC1. The predicted octanol–water partition coefficient (Wildman–Crippen LogP) is 1.34. The van der Waals surface area contributed by atoms with Gasteiger partial charge in [0, 0.05) is 19.1 Å². The van der Waals surface area contributed by atoms with Crippen LogP contribution in [0.3, 0.4) is 0 Å². The molecule has 8 nitrogen and oxygen atoms in total. The molecule has 0 aromatic carbocycles. The molecule has 2 aromatic rings. The first-order valence-electron chi connectivity index (χ1n) is 10.6. The largest absolute Gasteiger partial charge is 0.381 e. The maximum atomic E-state index is 12.4. The molecule has 2 aromatic heterocycles. The van der Waals surface area contributed by atoms with Crippen molar-refractivity contribution in [1.29, 1.82) is 0 Å². The van der Waals surface area contributed by atoms with Gasteiger partial charge in [0.15, 0.2) is 0 Å². The third-order valence-corrected chi connectivity index (χ3v) is 5.59. The van der Waals surface area contributed by atoms with Crippen molar-refractivity contribution in [1.82, 2.24) is 25.2 Å². The molecule has 2 aliphatic heterocycles. The van der Waals surface area contributed by atoms with E-state index in [9.17, 15) is 9.59 Å². The molecule has 5 rings (SSSR count). The van der Waals surface area contributed by atoms with E-state index in [0.29, 0.717) is 35.7 Å². The smallest absolute Gasteiger partial charge is 0.0466 e. The average Bonchev–Trinajstić information content (AvgIpc) is 3.52. The van der Waals surface area contributed by atoms with Crippen LogP contribution in [0.25, 0.3) is 11.2 Å². The van der Waals surface area contributed by atoms with Gasteiger partial charge in [0.05, 0.1) is 6.20 Å². The van der Waals surface area contributed by atoms with Crippen LogP contribution in [0.15, 0.2) is 12.4 Å². The maximum absolute atomic E-state index is 12.4. The van der Waals surface area contributed by atoms with Crippen molar-refractivity contribution >= 4 is 30.3 Å². The van der Waals surface area contributed by atoms with E-state index in [1.165, 1.54) is 19.3 Å². The number of ether oxygens (including phenoxy) is 1. The summed E-state index contributed by atoms with van der Waals surface area (Å²) < 4.78 is 5.07. The van der Waals surface area contributed by atoms with Gasteiger partial charge in [-0.05, 0) is 32.1 Å². The number of nitrogens with zero attached hydrogens (tertiary/aromatic N) is 3. The average molecular weight is 407 g/mol. The number of carbonyl (C=O) groups is 2. The van der Waals surface area contributed by atoms with Crippen LogP contribution in [0, 0.1) is 11.7 Å². The van der Waals surface area contributed by atoms with Crippen LogP contribution in [-0.4, -0.2) is 71.8 Å². The van der Waals surface area contributed by atoms with Crippen molar-refractivity contribution in [3.63, 3.8) is 0 Å². The molecule has 2 N–H and O–H groups in total. The fourth-order valence-electron chi connectivity index (χ4n) is 3.49. The Morgan fingerprint density at radius 3 is 2.63 bits per heavy atom. The number of hydrogen-bond acceptors (Lipinski definition) is 5. The third kappa shape index (κ3) is 4.91. The number of nitrogens with one attached hydrogen (secondary N) is 2. The number of H-pyrrole nitrogens is 1. The second kappa shape index (κ2) is 9.45. The van der Waals surface area contributed by atoms with Crippen LogP contribution in [0.5, 0.6) is 0 Å². The molecule has 30 heavy (non-hydrogen) atoms. The Kier molecular flexibility index (Phi) is 6.50. The number of fused-ring (bicyclic) bond motifs is 1. The molecule has 3 aliphatic rings. The monoisotopic (exact) mass is 407 g/mol. The first-order valence-corrected chi connectivity index (χ1v) is 10.6. The molecule has 0 unspecified atom stereocenters. The molecule has 156 valence electrons. The first kappa shape index (κ1) is 20.6. The predicted molar refractivity (Wildman–Crippen MR) is 113 cm³/mol. The van der Waals surface area contributed by atoms with E-state index in [-0.39, 0.29) is 24.3 Å². The van der Waals surface area contributed by atoms with Gasteiger partial charge in [-0.15, -0.1) is 0 Å². The van der Waals surface area contributed by atoms with Gasteiger partial charge in [0.2, 0.25) is 0 Å². The summed E-state index contributed by atoms with van der Waals surface area (Å²) in [4.78, 5) is 37.8. The minimum absolute atomic E-state index is 0.0431. The summed E-state index contributed by atoms with van der Waals surface area (Å²) in [5.74, 6) is 2.76. The number of hydrogen-bond donors (Lipinski definition) is 2. The second-order valence-electron chi connectivity index (χ2n) is 7.99. The standard InChI is InChI=1S/C16H16BN5O2.C5H10O/c17-3-9-7-22(8-9)13(23)6-20-16(24)11-4-18-15-14(11)21-12(5-19-15)10-1-2-10;1-2-4-6-5-3-1/h4-5,9-10H,1-2,6-8H2,(H,18,19)(H,20,24);1-5H2. The summed E-state index contributed by atoms with van der Waals surface area (Å²) in [5.41, 5.74) is 2.47. The van der Waals surface area contributed by atoms with Crippen LogP contribution in [0.2, 0.25) is 0 Å². The summed E-state index contributed by atoms with van der Waals surface area (Å²) >= 11 is 0. The molecule has 4 heterocycles. The van der Waals surface area contributed by atoms with E-state index < -0.39 is 0 Å². The zero-order valence-electron chi connectivity index (χ0n) is 17.0. The minimum Gasteiger partial charge on any atom is -0.381 e. The summed E-state index contributed by atoms with van der Waals surface area (Å²) in [5, 5.41) is 2.65. The second-order valence-corrected chi connectivity index (χ2v) is 7.99. The van der Waals surface area contributed by atoms with Crippen LogP contribution in [0.4, 0.5) is 0 Å². The van der Waals surface area contributed by atoms with Crippen LogP contribution >= 0.6 is 0 Å². The molecule has 0 atom stereocenters. The Balaban J connectivity index is 0.000000313. The molecular weight excluding hydrogens is 381 g/mol. The van der Waals surface area contributed by atoms with Gasteiger partial charge >= 0.3 is 114 Å². The Labute approximate surface area is 176 Å². The van der Waals surface area contributed by atoms with Gasteiger partial charge in [0.25, 0.3) is 0 Å². The van der Waals surface area contributed by atoms with Gasteiger partial charge in [-0.25, -0.2) is 0 Å². The van der Waals surface area contributed by atoms with Gasteiger partial charge < -0.3 is 4.74 Å². The van der Waals surface area contributed by atoms with Gasteiger partial charge in [-0.3, -0.25) is 0 Å². The van der Waals surface area contributed by atoms with Crippen molar-refractivity contribution < 1.29 is 14.3 Å². The molecular formula is C21H26BN5O3. The number of aromatic nitrogens is 3. The fraction of sp³-hybridized carbons (Fsp3) is 0.571. The van der Waals surface area contributed by atoms with Crippen LogP contribution in [-0.2, 0) is 9.53 Å². The van der Waals surface area contributed by atoms with Crippen molar-refractivity contribution in [3.05, 3.63) is 23.7 Å². The quantitative estimate of drug-likeness (QED) is 0.746. The Bertz CT molecular complexity index is 944. The van der Waals surface area contributed by atoms with E-state index in [1.807, 2.05) is 0 Å². The van der Waals surface area contributed by atoms with Gasteiger partial charge in [0.1, 0.15) is 0 Å². The van der Waals surface area contributed by atoms with E-state index in [0.717, 1.165) is 31.7 Å². The molecule has 0 spiro atoms.